The summed E-state index contributed by atoms with van der Waals surface area (Å²) in [7, 11) is 0. The third-order valence-electron chi connectivity index (χ3n) is 2.71. The summed E-state index contributed by atoms with van der Waals surface area (Å²) in [6.45, 7) is 0. The molecule has 0 spiro atoms. The SMILES string of the molecule is NC1(C(=O)Cc2ccc(Br)cc2F)CC1. The highest BCUT2D eigenvalue weighted by atomic mass is 79.9. The molecule has 0 amide bonds. The van der Waals surface area contributed by atoms with Crippen molar-refractivity contribution < 1.29 is 9.18 Å². The Hall–Kier alpha value is -0.740. The molecule has 0 radical (unpaired) electrons. The minimum atomic E-state index is -0.667. The molecular formula is C11H11BrFNO. The number of benzene rings is 1. The molecule has 1 aliphatic rings. The van der Waals surface area contributed by atoms with E-state index in [1.807, 2.05) is 0 Å². The third kappa shape index (κ3) is 2.26. The molecule has 1 aromatic rings. The summed E-state index contributed by atoms with van der Waals surface area (Å²) < 4.78 is 14.1. The second kappa shape index (κ2) is 3.68. The number of Topliss-reactive ketones (excluding diaryl/α,β-unsaturated/α-hetero) is 1. The maximum atomic E-state index is 13.4. The highest BCUT2D eigenvalue weighted by Crippen LogP contribution is 2.34. The molecule has 1 fully saturated rings. The van der Waals surface area contributed by atoms with Crippen LogP contribution in [0.3, 0.4) is 0 Å². The number of ketones is 1. The van der Waals surface area contributed by atoms with Crippen LogP contribution in [0.1, 0.15) is 18.4 Å². The molecule has 0 saturated heterocycles. The van der Waals surface area contributed by atoms with Crippen LogP contribution in [-0.4, -0.2) is 11.3 Å². The number of rotatable bonds is 3. The first kappa shape index (κ1) is 10.8. The first-order chi connectivity index (χ1) is 7.01. The van der Waals surface area contributed by atoms with E-state index < -0.39 is 5.54 Å². The van der Waals surface area contributed by atoms with Crippen molar-refractivity contribution in [1.82, 2.24) is 0 Å². The Bertz CT molecular complexity index is 415. The Morgan fingerprint density at radius 1 is 1.53 bits per heavy atom. The summed E-state index contributed by atoms with van der Waals surface area (Å²) >= 11 is 3.16. The average Bonchev–Trinajstić information content (AvgIpc) is 2.90. The lowest BCUT2D eigenvalue weighted by Crippen LogP contribution is -2.34. The summed E-state index contributed by atoms with van der Waals surface area (Å²) in [6, 6.07) is 4.70. The van der Waals surface area contributed by atoms with E-state index in [0.717, 1.165) is 12.8 Å². The predicted molar refractivity (Wildman–Crippen MR) is 59.0 cm³/mol. The zero-order chi connectivity index (χ0) is 11.1. The van der Waals surface area contributed by atoms with E-state index >= 15 is 0 Å². The van der Waals surface area contributed by atoms with Crippen LogP contribution in [0.4, 0.5) is 4.39 Å². The van der Waals surface area contributed by atoms with Gasteiger partial charge in [-0.05, 0) is 30.5 Å². The highest BCUT2D eigenvalue weighted by molar-refractivity contribution is 9.10. The lowest BCUT2D eigenvalue weighted by Gasteiger charge is -2.08. The summed E-state index contributed by atoms with van der Waals surface area (Å²) in [5.74, 6) is -0.425. The van der Waals surface area contributed by atoms with Crippen LogP contribution in [0, 0.1) is 5.82 Å². The smallest absolute Gasteiger partial charge is 0.157 e. The molecule has 1 aliphatic carbocycles. The van der Waals surface area contributed by atoms with Gasteiger partial charge in [0.1, 0.15) is 5.82 Å². The summed E-state index contributed by atoms with van der Waals surface area (Å²) in [4.78, 5) is 11.6. The molecule has 0 aliphatic heterocycles. The van der Waals surface area contributed by atoms with Crippen LogP contribution in [0.5, 0.6) is 0 Å². The molecule has 0 unspecified atom stereocenters. The zero-order valence-corrected chi connectivity index (χ0v) is 9.68. The Balaban J connectivity index is 2.14. The standard InChI is InChI=1S/C11H11BrFNO/c12-8-2-1-7(9(13)6-8)5-10(15)11(14)3-4-11/h1-2,6H,3-5,14H2. The van der Waals surface area contributed by atoms with Gasteiger partial charge in [-0.1, -0.05) is 22.0 Å². The lowest BCUT2D eigenvalue weighted by molar-refractivity contribution is -0.120. The zero-order valence-electron chi connectivity index (χ0n) is 8.09. The van der Waals surface area contributed by atoms with Crippen molar-refractivity contribution in [3.8, 4) is 0 Å². The molecule has 2 nitrogen and oxygen atoms in total. The van der Waals surface area contributed by atoms with Gasteiger partial charge >= 0.3 is 0 Å². The quantitative estimate of drug-likeness (QED) is 0.916. The molecule has 15 heavy (non-hydrogen) atoms. The van der Waals surface area contributed by atoms with Gasteiger partial charge in [-0.25, -0.2) is 4.39 Å². The molecule has 0 heterocycles. The minimum Gasteiger partial charge on any atom is -0.319 e. The van der Waals surface area contributed by atoms with Crippen LogP contribution in [0.2, 0.25) is 0 Å². The monoisotopic (exact) mass is 271 g/mol. The van der Waals surface area contributed by atoms with E-state index in [4.69, 9.17) is 5.73 Å². The molecule has 2 rings (SSSR count). The Kier molecular flexibility index (Phi) is 2.64. The third-order valence-corrected chi connectivity index (χ3v) is 3.20. The van der Waals surface area contributed by atoms with E-state index in [2.05, 4.69) is 15.9 Å². The van der Waals surface area contributed by atoms with Gasteiger partial charge in [0.2, 0.25) is 0 Å². The number of halogens is 2. The Morgan fingerprint density at radius 3 is 2.73 bits per heavy atom. The minimum absolute atomic E-state index is 0.0660. The molecule has 1 saturated carbocycles. The van der Waals surface area contributed by atoms with Crippen molar-refractivity contribution >= 4 is 21.7 Å². The molecule has 0 aromatic heterocycles. The predicted octanol–water partition coefficient (Wildman–Crippen LogP) is 2.19. The van der Waals surface area contributed by atoms with E-state index in [9.17, 15) is 9.18 Å². The normalized spacial score (nSPS) is 17.5. The van der Waals surface area contributed by atoms with Crippen LogP contribution >= 0.6 is 15.9 Å². The van der Waals surface area contributed by atoms with Gasteiger partial charge in [-0.3, -0.25) is 4.79 Å². The van der Waals surface area contributed by atoms with E-state index in [1.54, 1.807) is 12.1 Å². The molecule has 2 N–H and O–H groups in total. The molecule has 0 atom stereocenters. The Labute approximate surface area is 95.8 Å². The summed E-state index contributed by atoms with van der Waals surface area (Å²) in [6.07, 6.45) is 1.55. The number of hydrogen-bond acceptors (Lipinski definition) is 2. The van der Waals surface area contributed by atoms with Crippen molar-refractivity contribution in [2.75, 3.05) is 0 Å². The number of nitrogens with two attached hydrogens (primary N) is 1. The van der Waals surface area contributed by atoms with Gasteiger partial charge in [0.15, 0.2) is 5.78 Å². The fourth-order valence-corrected chi connectivity index (χ4v) is 1.76. The topological polar surface area (TPSA) is 43.1 Å². The second-order valence-electron chi connectivity index (χ2n) is 3.99. The van der Waals surface area contributed by atoms with E-state index in [0.29, 0.717) is 10.0 Å². The molecule has 80 valence electrons. The highest BCUT2D eigenvalue weighted by Gasteiger charge is 2.45. The van der Waals surface area contributed by atoms with Crippen molar-refractivity contribution in [2.24, 2.45) is 5.73 Å². The van der Waals surface area contributed by atoms with Crippen molar-refractivity contribution in [2.45, 2.75) is 24.8 Å². The first-order valence-electron chi connectivity index (χ1n) is 4.77. The number of hydrogen-bond donors (Lipinski definition) is 1. The Morgan fingerprint density at radius 2 is 2.20 bits per heavy atom. The second-order valence-corrected chi connectivity index (χ2v) is 4.91. The van der Waals surface area contributed by atoms with Crippen molar-refractivity contribution in [1.29, 1.82) is 0 Å². The van der Waals surface area contributed by atoms with Gasteiger partial charge in [0.25, 0.3) is 0 Å². The summed E-state index contributed by atoms with van der Waals surface area (Å²) in [5.41, 5.74) is 5.49. The maximum absolute atomic E-state index is 13.4. The van der Waals surface area contributed by atoms with Crippen molar-refractivity contribution in [3.05, 3.63) is 34.1 Å². The average molecular weight is 272 g/mol. The van der Waals surface area contributed by atoms with E-state index in [-0.39, 0.29) is 18.0 Å². The van der Waals surface area contributed by atoms with Gasteiger partial charge in [-0.15, -0.1) is 0 Å². The number of carbonyl (C=O) groups excluding carboxylic acids is 1. The maximum Gasteiger partial charge on any atom is 0.157 e. The van der Waals surface area contributed by atoms with Crippen LogP contribution < -0.4 is 5.73 Å². The van der Waals surface area contributed by atoms with Gasteiger partial charge in [0, 0.05) is 10.9 Å². The van der Waals surface area contributed by atoms with Crippen LogP contribution in [-0.2, 0) is 11.2 Å². The number of carbonyl (C=O) groups is 1. The molecular weight excluding hydrogens is 261 g/mol. The largest absolute Gasteiger partial charge is 0.319 e. The van der Waals surface area contributed by atoms with E-state index in [1.165, 1.54) is 6.07 Å². The molecule has 1 aromatic carbocycles. The van der Waals surface area contributed by atoms with Gasteiger partial charge in [-0.2, -0.15) is 0 Å². The molecule has 4 heteroatoms. The molecule has 0 bridgehead atoms. The fraction of sp³-hybridized carbons (Fsp3) is 0.364. The van der Waals surface area contributed by atoms with Crippen molar-refractivity contribution in [3.63, 3.8) is 0 Å². The fourth-order valence-electron chi connectivity index (χ4n) is 1.43. The summed E-state index contributed by atoms with van der Waals surface area (Å²) in [5, 5.41) is 0. The lowest BCUT2D eigenvalue weighted by atomic mass is 10.0. The van der Waals surface area contributed by atoms with Gasteiger partial charge < -0.3 is 5.73 Å². The van der Waals surface area contributed by atoms with Crippen LogP contribution in [0.15, 0.2) is 22.7 Å². The first-order valence-corrected chi connectivity index (χ1v) is 5.57. The van der Waals surface area contributed by atoms with Crippen LogP contribution in [0.25, 0.3) is 0 Å². The van der Waals surface area contributed by atoms with Gasteiger partial charge in [0.05, 0.1) is 5.54 Å².